The van der Waals surface area contributed by atoms with Crippen molar-refractivity contribution in [3.8, 4) is 0 Å². The Morgan fingerprint density at radius 1 is 1.25 bits per heavy atom. The summed E-state index contributed by atoms with van der Waals surface area (Å²) in [5, 5.41) is 4.80. The molecule has 1 unspecified atom stereocenters. The van der Waals surface area contributed by atoms with E-state index in [2.05, 4.69) is 44.9 Å². The molecule has 2 nitrogen and oxygen atoms in total. The van der Waals surface area contributed by atoms with E-state index in [1.54, 1.807) is 0 Å². The highest BCUT2D eigenvalue weighted by atomic mass is 32.1. The van der Waals surface area contributed by atoms with E-state index in [4.69, 9.17) is 0 Å². The fourth-order valence-corrected chi connectivity index (χ4v) is 2.92. The first-order chi connectivity index (χ1) is 7.58. The molecular formula is C13H24N2S. The molecule has 1 N–H and O–H groups in total. The predicted octanol–water partition coefficient (Wildman–Crippen LogP) is 3.85. The Morgan fingerprint density at radius 2 is 1.88 bits per heavy atom. The van der Waals surface area contributed by atoms with E-state index < -0.39 is 0 Å². The van der Waals surface area contributed by atoms with Crippen molar-refractivity contribution in [3.05, 3.63) is 15.6 Å². The third kappa shape index (κ3) is 3.56. The van der Waals surface area contributed by atoms with E-state index in [1.165, 1.54) is 28.4 Å². The van der Waals surface area contributed by atoms with Crippen LogP contribution >= 0.6 is 11.3 Å². The van der Waals surface area contributed by atoms with E-state index in [0.717, 1.165) is 12.5 Å². The molecule has 0 aliphatic rings. The summed E-state index contributed by atoms with van der Waals surface area (Å²) in [6.07, 6.45) is 2.52. The summed E-state index contributed by atoms with van der Waals surface area (Å²) in [5.41, 5.74) is 1.19. The predicted molar refractivity (Wildman–Crippen MR) is 72.1 cm³/mol. The first kappa shape index (κ1) is 13.7. The van der Waals surface area contributed by atoms with Gasteiger partial charge in [-0.25, -0.2) is 4.98 Å². The third-order valence-corrected chi connectivity index (χ3v) is 4.46. The quantitative estimate of drug-likeness (QED) is 0.817. The molecule has 0 fully saturated rings. The second-order valence-corrected chi connectivity index (χ2v) is 5.73. The Labute approximate surface area is 103 Å². The number of hydrogen-bond acceptors (Lipinski definition) is 3. The molecule has 0 radical (unpaired) electrons. The van der Waals surface area contributed by atoms with Crippen LogP contribution in [0.2, 0.25) is 0 Å². The molecule has 0 spiro atoms. The van der Waals surface area contributed by atoms with Crippen LogP contribution in [0.4, 0.5) is 0 Å². The minimum Gasteiger partial charge on any atom is -0.309 e. The molecule has 0 saturated carbocycles. The fraction of sp³-hybridized carbons (Fsp3) is 0.769. The SMILES string of the molecule is CCC(CC)CNC(C)c1sc(C)nc1C. The van der Waals surface area contributed by atoms with Gasteiger partial charge in [0, 0.05) is 10.9 Å². The van der Waals surface area contributed by atoms with Crippen LogP contribution in [0.5, 0.6) is 0 Å². The molecule has 1 aromatic rings. The molecule has 0 bridgehead atoms. The van der Waals surface area contributed by atoms with Crippen molar-refractivity contribution in [2.75, 3.05) is 6.54 Å². The van der Waals surface area contributed by atoms with Gasteiger partial charge in [-0.1, -0.05) is 26.7 Å². The van der Waals surface area contributed by atoms with Crippen LogP contribution in [0.25, 0.3) is 0 Å². The average molecular weight is 240 g/mol. The van der Waals surface area contributed by atoms with Crippen LogP contribution in [0.15, 0.2) is 0 Å². The van der Waals surface area contributed by atoms with E-state index in [1.807, 2.05) is 11.3 Å². The maximum absolute atomic E-state index is 4.48. The number of aryl methyl sites for hydroxylation is 2. The number of aromatic nitrogens is 1. The van der Waals surface area contributed by atoms with Gasteiger partial charge >= 0.3 is 0 Å². The Hall–Kier alpha value is -0.410. The molecule has 0 saturated heterocycles. The van der Waals surface area contributed by atoms with Crippen LogP contribution < -0.4 is 5.32 Å². The highest BCUT2D eigenvalue weighted by Crippen LogP contribution is 2.24. The number of rotatable bonds is 6. The van der Waals surface area contributed by atoms with Crippen molar-refractivity contribution < 1.29 is 0 Å². The monoisotopic (exact) mass is 240 g/mol. The Morgan fingerprint density at radius 3 is 2.31 bits per heavy atom. The lowest BCUT2D eigenvalue weighted by molar-refractivity contribution is 0.424. The highest BCUT2D eigenvalue weighted by Gasteiger charge is 2.13. The topological polar surface area (TPSA) is 24.9 Å². The van der Waals surface area contributed by atoms with Crippen molar-refractivity contribution >= 4 is 11.3 Å². The molecule has 1 atom stereocenters. The van der Waals surface area contributed by atoms with Gasteiger partial charge in [-0.05, 0) is 33.2 Å². The zero-order valence-corrected chi connectivity index (χ0v) is 11.9. The van der Waals surface area contributed by atoms with Gasteiger partial charge in [0.2, 0.25) is 0 Å². The zero-order chi connectivity index (χ0) is 12.1. The van der Waals surface area contributed by atoms with Crippen LogP contribution in [0, 0.1) is 19.8 Å². The van der Waals surface area contributed by atoms with Crippen LogP contribution in [0.3, 0.4) is 0 Å². The number of nitrogens with zero attached hydrogens (tertiary/aromatic N) is 1. The van der Waals surface area contributed by atoms with Gasteiger partial charge in [0.1, 0.15) is 0 Å². The summed E-state index contributed by atoms with van der Waals surface area (Å²) in [5.74, 6) is 0.803. The summed E-state index contributed by atoms with van der Waals surface area (Å²) in [4.78, 5) is 5.87. The fourth-order valence-electron chi connectivity index (χ4n) is 1.96. The lowest BCUT2D eigenvalue weighted by Gasteiger charge is -2.18. The van der Waals surface area contributed by atoms with Gasteiger partial charge in [-0.2, -0.15) is 0 Å². The second-order valence-electron chi connectivity index (χ2n) is 4.50. The maximum atomic E-state index is 4.48. The van der Waals surface area contributed by atoms with Crippen molar-refractivity contribution in [2.24, 2.45) is 5.92 Å². The van der Waals surface area contributed by atoms with Gasteiger partial charge in [0.05, 0.1) is 10.7 Å². The van der Waals surface area contributed by atoms with Gasteiger partial charge < -0.3 is 5.32 Å². The van der Waals surface area contributed by atoms with Gasteiger partial charge in [0.15, 0.2) is 0 Å². The third-order valence-electron chi connectivity index (χ3n) is 3.20. The molecule has 0 aliphatic carbocycles. The standard InChI is InChI=1S/C13H24N2S/c1-6-12(7-2)8-14-9(3)13-10(4)15-11(5)16-13/h9,12,14H,6-8H2,1-5H3. The van der Waals surface area contributed by atoms with Crippen molar-refractivity contribution in [2.45, 2.75) is 53.5 Å². The molecule has 0 amide bonds. The number of hydrogen-bond donors (Lipinski definition) is 1. The Bertz CT molecular complexity index is 316. The van der Waals surface area contributed by atoms with Gasteiger partial charge in [-0.15, -0.1) is 11.3 Å². The first-order valence-corrected chi connectivity index (χ1v) is 7.07. The lowest BCUT2D eigenvalue weighted by Crippen LogP contribution is -2.25. The summed E-state index contributed by atoms with van der Waals surface area (Å²) in [7, 11) is 0. The first-order valence-electron chi connectivity index (χ1n) is 6.25. The molecule has 1 rings (SSSR count). The molecule has 1 heterocycles. The minimum atomic E-state index is 0.437. The van der Waals surface area contributed by atoms with E-state index >= 15 is 0 Å². The Balaban J connectivity index is 2.52. The van der Waals surface area contributed by atoms with Crippen LogP contribution in [-0.2, 0) is 0 Å². The average Bonchev–Trinajstić information content (AvgIpc) is 2.59. The van der Waals surface area contributed by atoms with E-state index in [-0.39, 0.29) is 0 Å². The van der Waals surface area contributed by atoms with Crippen molar-refractivity contribution in [1.82, 2.24) is 10.3 Å². The lowest BCUT2D eigenvalue weighted by atomic mass is 10.0. The Kier molecular flexibility index (Phi) is 5.42. The molecule has 0 aliphatic heterocycles. The number of thiazole rings is 1. The number of nitrogens with one attached hydrogen (secondary N) is 1. The summed E-state index contributed by atoms with van der Waals surface area (Å²) in [6, 6.07) is 0.437. The largest absolute Gasteiger partial charge is 0.309 e. The van der Waals surface area contributed by atoms with Crippen LogP contribution in [-0.4, -0.2) is 11.5 Å². The summed E-state index contributed by atoms with van der Waals surface area (Å²) in [6.45, 7) is 12.1. The molecule has 0 aromatic carbocycles. The van der Waals surface area contributed by atoms with E-state index in [0.29, 0.717) is 6.04 Å². The smallest absolute Gasteiger partial charge is 0.0900 e. The molecular weight excluding hydrogens is 216 g/mol. The van der Waals surface area contributed by atoms with Gasteiger partial charge in [-0.3, -0.25) is 0 Å². The maximum Gasteiger partial charge on any atom is 0.0900 e. The molecule has 92 valence electrons. The van der Waals surface area contributed by atoms with Crippen molar-refractivity contribution in [1.29, 1.82) is 0 Å². The molecule has 1 aromatic heterocycles. The highest BCUT2D eigenvalue weighted by molar-refractivity contribution is 7.11. The zero-order valence-electron chi connectivity index (χ0n) is 11.1. The van der Waals surface area contributed by atoms with Gasteiger partial charge in [0.25, 0.3) is 0 Å². The summed E-state index contributed by atoms with van der Waals surface area (Å²) < 4.78 is 0. The van der Waals surface area contributed by atoms with E-state index in [9.17, 15) is 0 Å². The minimum absolute atomic E-state index is 0.437. The normalized spacial score (nSPS) is 13.4. The van der Waals surface area contributed by atoms with Crippen molar-refractivity contribution in [3.63, 3.8) is 0 Å². The molecule has 3 heteroatoms. The molecule has 16 heavy (non-hydrogen) atoms. The van der Waals surface area contributed by atoms with Crippen LogP contribution in [0.1, 0.15) is 55.2 Å². The summed E-state index contributed by atoms with van der Waals surface area (Å²) >= 11 is 1.82. The second kappa shape index (κ2) is 6.36.